The molecule has 1 aromatic heterocycles. The maximum absolute atomic E-state index is 12.6. The van der Waals surface area contributed by atoms with Gasteiger partial charge in [0.05, 0.1) is 22.9 Å². The largest absolute Gasteiger partial charge is 0.482 e. The number of H-pyrrole nitrogens is 1. The average molecular weight is 402 g/mol. The normalized spacial score (nSPS) is 11.0. The zero-order chi connectivity index (χ0) is 17.7. The second kappa shape index (κ2) is 7.40. The molecule has 0 radical (unpaired) electrons. The van der Waals surface area contributed by atoms with E-state index in [1.54, 1.807) is 6.07 Å². The van der Waals surface area contributed by atoms with Gasteiger partial charge in [-0.15, -0.1) is 6.42 Å². The highest BCUT2D eigenvalue weighted by atomic mass is 79.9. The molecule has 1 amide bonds. The van der Waals surface area contributed by atoms with Gasteiger partial charge in [0.25, 0.3) is 5.91 Å². The van der Waals surface area contributed by atoms with Crippen LogP contribution in [0.4, 0.5) is 18.9 Å². The minimum Gasteiger partial charge on any atom is -0.482 e. The number of benzene rings is 1. The predicted molar refractivity (Wildman–Crippen MR) is 84.8 cm³/mol. The molecule has 0 bridgehead atoms. The quantitative estimate of drug-likeness (QED) is 0.781. The summed E-state index contributed by atoms with van der Waals surface area (Å²) < 4.78 is 42.4. The van der Waals surface area contributed by atoms with Crippen LogP contribution in [-0.2, 0) is 0 Å². The number of aromatic nitrogens is 2. The summed E-state index contributed by atoms with van der Waals surface area (Å²) in [6, 6.07) is 5.85. The van der Waals surface area contributed by atoms with Crippen molar-refractivity contribution in [3.05, 3.63) is 40.6 Å². The molecule has 0 atom stereocenters. The standard InChI is InChI=1S/C15H11BrF3N3O2/c1-2-7-22(14(23)13-10(16)8-20-21-13)11-5-3-4-6-12(11)24-9-15(17,18)19/h1,3-6,8H,7,9H2,(H,20,21). The number of hydrogen-bond donors (Lipinski definition) is 1. The molecule has 2 aromatic rings. The molecule has 0 aliphatic heterocycles. The highest BCUT2D eigenvalue weighted by Gasteiger charge is 2.30. The van der Waals surface area contributed by atoms with Crippen molar-refractivity contribution >= 4 is 27.5 Å². The lowest BCUT2D eigenvalue weighted by Crippen LogP contribution is -2.32. The number of nitrogens with one attached hydrogen (secondary N) is 1. The second-order valence-corrected chi connectivity index (χ2v) is 5.41. The van der Waals surface area contributed by atoms with Crippen LogP contribution in [0.5, 0.6) is 5.75 Å². The van der Waals surface area contributed by atoms with E-state index >= 15 is 0 Å². The van der Waals surface area contributed by atoms with Crippen LogP contribution in [0.15, 0.2) is 34.9 Å². The summed E-state index contributed by atoms with van der Waals surface area (Å²) in [5.74, 6) is 1.65. The van der Waals surface area contributed by atoms with Crippen LogP contribution < -0.4 is 9.64 Å². The van der Waals surface area contributed by atoms with E-state index in [1.165, 1.54) is 24.4 Å². The third kappa shape index (κ3) is 4.29. The maximum atomic E-state index is 12.6. The predicted octanol–water partition coefficient (Wildman–Crippen LogP) is 3.39. The Bertz CT molecular complexity index is 768. The number of amides is 1. The first-order valence-electron chi connectivity index (χ1n) is 6.56. The Hall–Kier alpha value is -2.47. The molecule has 1 heterocycles. The van der Waals surface area contributed by atoms with Crippen LogP contribution >= 0.6 is 15.9 Å². The summed E-state index contributed by atoms with van der Waals surface area (Å²) >= 11 is 3.16. The summed E-state index contributed by atoms with van der Waals surface area (Å²) in [5.41, 5.74) is 0.252. The van der Waals surface area contributed by atoms with Gasteiger partial charge in [0, 0.05) is 0 Å². The molecule has 1 N–H and O–H groups in total. The number of carbonyl (C=O) groups excluding carboxylic acids is 1. The molecule has 0 aliphatic carbocycles. The molecule has 0 unspecified atom stereocenters. The SMILES string of the molecule is C#CCN(C(=O)c1[nH]ncc1Br)c1ccccc1OCC(F)(F)F. The highest BCUT2D eigenvalue weighted by Crippen LogP contribution is 2.31. The van der Waals surface area contributed by atoms with Gasteiger partial charge in [-0.25, -0.2) is 0 Å². The molecule has 0 fully saturated rings. The van der Waals surface area contributed by atoms with E-state index in [2.05, 4.69) is 32.0 Å². The molecule has 2 rings (SSSR count). The van der Waals surface area contributed by atoms with Crippen LogP contribution in [0.1, 0.15) is 10.5 Å². The number of para-hydroxylation sites is 2. The van der Waals surface area contributed by atoms with E-state index in [0.29, 0.717) is 4.47 Å². The van der Waals surface area contributed by atoms with Crippen molar-refractivity contribution in [3.8, 4) is 18.1 Å². The lowest BCUT2D eigenvalue weighted by Gasteiger charge is -2.23. The van der Waals surface area contributed by atoms with Crippen molar-refractivity contribution < 1.29 is 22.7 Å². The van der Waals surface area contributed by atoms with Gasteiger partial charge in [0.15, 0.2) is 6.61 Å². The van der Waals surface area contributed by atoms with Crippen LogP contribution in [0.3, 0.4) is 0 Å². The van der Waals surface area contributed by atoms with Gasteiger partial charge < -0.3 is 4.74 Å². The van der Waals surface area contributed by atoms with Crippen molar-refractivity contribution in [1.29, 1.82) is 0 Å². The van der Waals surface area contributed by atoms with Gasteiger partial charge in [0.2, 0.25) is 0 Å². The number of carbonyl (C=O) groups is 1. The first kappa shape index (κ1) is 17.9. The van der Waals surface area contributed by atoms with E-state index in [-0.39, 0.29) is 23.7 Å². The summed E-state index contributed by atoms with van der Waals surface area (Å²) in [5, 5.41) is 6.23. The lowest BCUT2D eigenvalue weighted by molar-refractivity contribution is -0.153. The fraction of sp³-hybridized carbons (Fsp3) is 0.200. The van der Waals surface area contributed by atoms with Crippen molar-refractivity contribution in [1.82, 2.24) is 10.2 Å². The topological polar surface area (TPSA) is 58.2 Å². The summed E-state index contributed by atoms with van der Waals surface area (Å²) in [7, 11) is 0. The molecule has 0 aliphatic rings. The van der Waals surface area contributed by atoms with Gasteiger partial charge in [-0.05, 0) is 28.1 Å². The fourth-order valence-corrected chi connectivity index (χ4v) is 2.24. The van der Waals surface area contributed by atoms with E-state index < -0.39 is 18.7 Å². The molecule has 0 spiro atoms. The number of rotatable bonds is 5. The Labute approximate surface area is 143 Å². The molecule has 5 nitrogen and oxygen atoms in total. The summed E-state index contributed by atoms with van der Waals surface area (Å²) in [6.45, 7) is -1.63. The Morgan fingerprint density at radius 1 is 1.42 bits per heavy atom. The van der Waals surface area contributed by atoms with Crippen LogP contribution in [0.25, 0.3) is 0 Å². The molecule has 0 saturated heterocycles. The number of anilines is 1. The highest BCUT2D eigenvalue weighted by molar-refractivity contribution is 9.10. The first-order chi connectivity index (χ1) is 11.3. The van der Waals surface area contributed by atoms with Crippen molar-refractivity contribution in [2.45, 2.75) is 6.18 Å². The molecular weight excluding hydrogens is 391 g/mol. The number of terminal acetylenes is 1. The lowest BCUT2D eigenvalue weighted by atomic mass is 10.2. The van der Waals surface area contributed by atoms with Crippen molar-refractivity contribution in [2.24, 2.45) is 0 Å². The van der Waals surface area contributed by atoms with Gasteiger partial charge in [-0.3, -0.25) is 14.8 Å². The van der Waals surface area contributed by atoms with Crippen LogP contribution in [-0.4, -0.2) is 35.4 Å². The Kier molecular flexibility index (Phi) is 5.51. The van der Waals surface area contributed by atoms with Crippen molar-refractivity contribution in [3.63, 3.8) is 0 Å². The average Bonchev–Trinajstić information content (AvgIpc) is 2.96. The summed E-state index contributed by atoms with van der Waals surface area (Å²) in [4.78, 5) is 13.8. The number of ether oxygens (including phenoxy) is 1. The fourth-order valence-electron chi connectivity index (χ4n) is 1.88. The minimum absolute atomic E-state index is 0.103. The number of alkyl halides is 3. The Balaban J connectivity index is 2.36. The molecule has 0 saturated carbocycles. The van der Waals surface area contributed by atoms with E-state index in [1.807, 2.05) is 0 Å². The van der Waals surface area contributed by atoms with Gasteiger partial charge >= 0.3 is 6.18 Å². The minimum atomic E-state index is -4.50. The number of nitrogens with zero attached hydrogens (tertiary/aromatic N) is 2. The Morgan fingerprint density at radius 2 is 2.12 bits per heavy atom. The van der Waals surface area contributed by atoms with E-state index in [4.69, 9.17) is 11.2 Å². The van der Waals surface area contributed by atoms with Gasteiger partial charge in [0.1, 0.15) is 11.4 Å². The van der Waals surface area contributed by atoms with E-state index in [0.717, 1.165) is 4.90 Å². The van der Waals surface area contributed by atoms with Gasteiger partial charge in [-0.1, -0.05) is 18.1 Å². The van der Waals surface area contributed by atoms with Crippen LogP contribution in [0.2, 0.25) is 0 Å². The van der Waals surface area contributed by atoms with Gasteiger partial charge in [-0.2, -0.15) is 18.3 Å². The van der Waals surface area contributed by atoms with E-state index in [9.17, 15) is 18.0 Å². The molecule has 1 aromatic carbocycles. The molecular formula is C15H11BrF3N3O2. The van der Waals surface area contributed by atoms with Crippen LogP contribution in [0, 0.1) is 12.3 Å². The molecule has 24 heavy (non-hydrogen) atoms. The molecule has 126 valence electrons. The molecule has 9 heteroatoms. The number of hydrogen-bond acceptors (Lipinski definition) is 3. The number of halogens is 4. The summed E-state index contributed by atoms with van der Waals surface area (Å²) in [6.07, 6.45) is 2.17. The zero-order valence-corrected chi connectivity index (χ0v) is 13.7. The van der Waals surface area contributed by atoms with Crippen molar-refractivity contribution in [2.75, 3.05) is 18.1 Å². The number of aromatic amines is 1. The second-order valence-electron chi connectivity index (χ2n) is 4.56. The first-order valence-corrected chi connectivity index (χ1v) is 7.35. The third-order valence-electron chi connectivity index (χ3n) is 2.85. The maximum Gasteiger partial charge on any atom is 0.422 e. The monoisotopic (exact) mass is 401 g/mol. The third-order valence-corrected chi connectivity index (χ3v) is 3.45. The Morgan fingerprint density at radius 3 is 2.71 bits per heavy atom. The smallest absolute Gasteiger partial charge is 0.422 e. The zero-order valence-electron chi connectivity index (χ0n) is 12.1.